The highest BCUT2D eigenvalue weighted by Gasteiger charge is 2.25. The Hall–Kier alpha value is -2.54. The van der Waals surface area contributed by atoms with Crippen LogP contribution in [0.25, 0.3) is 22.0 Å². The van der Waals surface area contributed by atoms with Gasteiger partial charge in [-0.2, -0.15) is 0 Å². The van der Waals surface area contributed by atoms with Crippen molar-refractivity contribution < 1.29 is 14.3 Å². The van der Waals surface area contributed by atoms with Crippen LogP contribution in [0.2, 0.25) is 0 Å². The first-order valence-electron chi connectivity index (χ1n) is 11.6. The van der Waals surface area contributed by atoms with Crippen molar-refractivity contribution >= 4 is 17.2 Å². The van der Waals surface area contributed by atoms with Gasteiger partial charge in [0.05, 0.1) is 12.3 Å². The third-order valence-corrected chi connectivity index (χ3v) is 6.20. The van der Waals surface area contributed by atoms with Gasteiger partial charge in [-0.1, -0.05) is 12.1 Å². The minimum absolute atomic E-state index is 0.110. The van der Waals surface area contributed by atoms with E-state index in [-0.39, 0.29) is 18.5 Å². The van der Waals surface area contributed by atoms with Crippen LogP contribution in [-0.2, 0) is 6.54 Å². The summed E-state index contributed by atoms with van der Waals surface area (Å²) in [7, 11) is 1.96. The Morgan fingerprint density at radius 3 is 2.58 bits per heavy atom. The van der Waals surface area contributed by atoms with Gasteiger partial charge < -0.3 is 15.4 Å². The minimum atomic E-state index is -0.237. The molecule has 2 heterocycles. The van der Waals surface area contributed by atoms with Crippen molar-refractivity contribution in [3.63, 3.8) is 0 Å². The fourth-order valence-corrected chi connectivity index (χ4v) is 4.06. The predicted molar refractivity (Wildman–Crippen MR) is 133 cm³/mol. The molecule has 6 heteroatoms. The van der Waals surface area contributed by atoms with Gasteiger partial charge in [-0.25, -0.2) is 4.39 Å². The number of benzene rings is 2. The summed E-state index contributed by atoms with van der Waals surface area (Å²) in [4.78, 5) is 16.5. The molecule has 1 aliphatic heterocycles. The van der Waals surface area contributed by atoms with E-state index in [1.165, 1.54) is 0 Å². The number of nitrogens with zero attached hydrogens (tertiary/aromatic N) is 1. The summed E-state index contributed by atoms with van der Waals surface area (Å²) in [5.41, 5.74) is 5.00. The summed E-state index contributed by atoms with van der Waals surface area (Å²) in [5, 5.41) is 13.1. The molecule has 2 aromatic carbocycles. The molecule has 0 saturated carbocycles. The topological polar surface area (TPSA) is 68.4 Å². The molecule has 1 unspecified atom stereocenters. The number of aliphatic hydroxyl groups excluding tert-OH is 1. The summed E-state index contributed by atoms with van der Waals surface area (Å²) in [5.74, 6) is -0.237. The molecule has 4 rings (SSSR count). The SMILES string of the molecule is CNC(C)(C)C.Cc1cc(C=O)cc(-c2ccc3[nH]c(CN4CCCC4CO)c(F)c3c2)c1. The molecule has 0 radical (unpaired) electrons. The Labute approximate surface area is 196 Å². The van der Waals surface area contributed by atoms with Gasteiger partial charge in [-0.3, -0.25) is 9.69 Å². The molecule has 5 nitrogen and oxygen atoms in total. The quantitative estimate of drug-likeness (QED) is 0.473. The maximum atomic E-state index is 15.1. The predicted octanol–water partition coefficient (Wildman–Crippen LogP) is 5.06. The van der Waals surface area contributed by atoms with Crippen LogP contribution in [0.5, 0.6) is 0 Å². The zero-order valence-corrected chi connectivity index (χ0v) is 20.3. The zero-order chi connectivity index (χ0) is 24.2. The lowest BCUT2D eigenvalue weighted by molar-refractivity contribution is 0.112. The van der Waals surface area contributed by atoms with Crippen LogP contribution in [0.15, 0.2) is 36.4 Å². The highest BCUT2D eigenvalue weighted by atomic mass is 19.1. The van der Waals surface area contributed by atoms with E-state index in [0.717, 1.165) is 47.9 Å². The number of halogens is 1. The zero-order valence-electron chi connectivity index (χ0n) is 20.3. The van der Waals surface area contributed by atoms with E-state index in [9.17, 15) is 9.90 Å². The summed E-state index contributed by atoms with van der Waals surface area (Å²) < 4.78 is 15.1. The van der Waals surface area contributed by atoms with E-state index >= 15 is 4.39 Å². The van der Waals surface area contributed by atoms with E-state index in [0.29, 0.717) is 28.7 Å². The Morgan fingerprint density at radius 2 is 1.94 bits per heavy atom. The second-order valence-electron chi connectivity index (χ2n) is 9.88. The van der Waals surface area contributed by atoms with Crippen LogP contribution in [0, 0.1) is 12.7 Å². The standard InChI is InChI=1S/C22H23FN2O2.C5H13N/c1-14-7-15(12-26)9-17(8-14)16-4-5-20-19(10-16)22(23)21(24-20)11-25-6-2-3-18(25)13-27;1-5(2,3)6-4/h4-5,7-10,12,18,24,27H,2-3,6,11,13H2,1H3;6H,1-4H3. The third kappa shape index (κ3) is 6.28. The number of carbonyl (C=O) groups excluding carboxylic acids is 1. The van der Waals surface area contributed by atoms with E-state index in [1.54, 1.807) is 0 Å². The van der Waals surface area contributed by atoms with Gasteiger partial charge in [0.2, 0.25) is 0 Å². The van der Waals surface area contributed by atoms with Gasteiger partial charge in [0.25, 0.3) is 0 Å². The molecule has 33 heavy (non-hydrogen) atoms. The number of likely N-dealkylation sites (tertiary alicyclic amines) is 1. The van der Waals surface area contributed by atoms with Crippen molar-refractivity contribution in [2.24, 2.45) is 0 Å². The van der Waals surface area contributed by atoms with Crippen molar-refractivity contribution in [2.45, 2.75) is 58.7 Å². The molecular weight excluding hydrogens is 417 g/mol. The lowest BCUT2D eigenvalue weighted by Gasteiger charge is -2.21. The maximum Gasteiger partial charge on any atom is 0.153 e. The number of rotatable bonds is 5. The van der Waals surface area contributed by atoms with Crippen LogP contribution in [0.3, 0.4) is 0 Å². The molecule has 1 saturated heterocycles. The molecule has 3 aromatic rings. The van der Waals surface area contributed by atoms with Gasteiger partial charge in [-0.05, 0) is 95.1 Å². The normalized spacial score (nSPS) is 16.6. The number of aliphatic hydroxyl groups is 1. The van der Waals surface area contributed by atoms with Crippen LogP contribution < -0.4 is 5.32 Å². The number of hydrogen-bond acceptors (Lipinski definition) is 4. The number of aldehydes is 1. The van der Waals surface area contributed by atoms with E-state index in [2.05, 4.69) is 36.0 Å². The number of hydrogen-bond donors (Lipinski definition) is 3. The average molecular weight is 454 g/mol. The van der Waals surface area contributed by atoms with Crippen LogP contribution in [-0.4, -0.2) is 53.1 Å². The van der Waals surface area contributed by atoms with Crippen molar-refractivity contribution in [1.29, 1.82) is 0 Å². The number of aromatic amines is 1. The van der Waals surface area contributed by atoms with E-state index < -0.39 is 0 Å². The van der Waals surface area contributed by atoms with Gasteiger partial charge in [0, 0.05) is 34.6 Å². The van der Waals surface area contributed by atoms with Gasteiger partial charge >= 0.3 is 0 Å². The second-order valence-corrected chi connectivity index (χ2v) is 9.88. The van der Waals surface area contributed by atoms with Crippen molar-refractivity contribution in [1.82, 2.24) is 15.2 Å². The van der Waals surface area contributed by atoms with Crippen LogP contribution >= 0.6 is 0 Å². The molecular formula is C27H36FN3O2. The first-order valence-corrected chi connectivity index (χ1v) is 11.6. The molecule has 178 valence electrons. The largest absolute Gasteiger partial charge is 0.395 e. The van der Waals surface area contributed by atoms with Gasteiger partial charge in [0.1, 0.15) is 6.29 Å². The molecule has 1 aromatic heterocycles. The average Bonchev–Trinajstić information content (AvgIpc) is 3.37. The number of fused-ring (bicyclic) bond motifs is 1. The molecule has 0 amide bonds. The summed E-state index contributed by atoms with van der Waals surface area (Å²) >= 11 is 0. The highest BCUT2D eigenvalue weighted by Crippen LogP contribution is 2.30. The number of carbonyl (C=O) groups is 1. The maximum absolute atomic E-state index is 15.1. The summed E-state index contributed by atoms with van der Waals surface area (Å²) in [6.07, 6.45) is 2.82. The minimum Gasteiger partial charge on any atom is -0.395 e. The lowest BCUT2D eigenvalue weighted by atomic mass is 9.99. The Kier molecular flexibility index (Phi) is 8.05. The Bertz CT molecular complexity index is 1100. The summed E-state index contributed by atoms with van der Waals surface area (Å²) in [6, 6.07) is 11.4. The number of aryl methyl sites for hydroxylation is 1. The molecule has 1 atom stereocenters. The van der Waals surface area contributed by atoms with E-state index in [1.807, 2.05) is 50.4 Å². The molecule has 0 bridgehead atoms. The fraction of sp³-hybridized carbons (Fsp3) is 0.444. The monoisotopic (exact) mass is 453 g/mol. The molecule has 1 fully saturated rings. The lowest BCUT2D eigenvalue weighted by Crippen LogP contribution is -2.32. The molecule has 0 aliphatic carbocycles. The number of H-pyrrole nitrogens is 1. The van der Waals surface area contributed by atoms with Crippen molar-refractivity contribution in [3.05, 3.63) is 59.0 Å². The Morgan fingerprint density at radius 1 is 1.21 bits per heavy atom. The third-order valence-electron chi connectivity index (χ3n) is 6.20. The molecule has 1 aliphatic rings. The van der Waals surface area contributed by atoms with Gasteiger partial charge in [-0.15, -0.1) is 0 Å². The second kappa shape index (κ2) is 10.6. The summed E-state index contributed by atoms with van der Waals surface area (Å²) in [6.45, 7) is 9.80. The number of nitrogens with one attached hydrogen (secondary N) is 2. The smallest absolute Gasteiger partial charge is 0.153 e. The fourth-order valence-electron chi connectivity index (χ4n) is 4.06. The Balaban J connectivity index is 0.000000454. The van der Waals surface area contributed by atoms with Crippen LogP contribution in [0.1, 0.15) is 55.2 Å². The van der Waals surface area contributed by atoms with Gasteiger partial charge in [0.15, 0.2) is 5.82 Å². The van der Waals surface area contributed by atoms with Crippen molar-refractivity contribution in [2.75, 3.05) is 20.2 Å². The first kappa shape index (κ1) is 25.1. The highest BCUT2D eigenvalue weighted by molar-refractivity contribution is 5.88. The van der Waals surface area contributed by atoms with Crippen molar-refractivity contribution in [3.8, 4) is 11.1 Å². The number of aromatic nitrogens is 1. The molecule has 0 spiro atoms. The van der Waals surface area contributed by atoms with E-state index in [4.69, 9.17) is 0 Å². The first-order chi connectivity index (χ1) is 15.6. The molecule has 3 N–H and O–H groups in total. The van der Waals surface area contributed by atoms with Crippen LogP contribution in [0.4, 0.5) is 4.39 Å².